The van der Waals surface area contributed by atoms with E-state index in [1.807, 2.05) is 42.5 Å². The van der Waals surface area contributed by atoms with E-state index < -0.39 is 0 Å². The molecule has 0 bridgehead atoms. The van der Waals surface area contributed by atoms with Crippen molar-refractivity contribution in [3.05, 3.63) is 77.6 Å². The summed E-state index contributed by atoms with van der Waals surface area (Å²) in [5.74, 6) is 0.833. The lowest BCUT2D eigenvalue weighted by Crippen LogP contribution is -2.35. The minimum atomic E-state index is -0.168. The molecule has 1 aliphatic rings. The minimum absolute atomic E-state index is 0.131. The third kappa shape index (κ3) is 3.24. The Bertz CT molecular complexity index is 892. The van der Waals surface area contributed by atoms with E-state index in [0.717, 1.165) is 36.1 Å². The van der Waals surface area contributed by atoms with E-state index in [4.69, 9.17) is 4.74 Å². The van der Waals surface area contributed by atoms with E-state index in [1.165, 1.54) is 5.56 Å². The molecule has 1 unspecified atom stereocenters. The standard InChI is InChI=1S/C22H22FNO/c1-15(18-12-13-21(23)20-8-4-3-7-19(18)20)24-14-17-11-10-16-6-2-5-9-22(16)25-17/h2-9,12-13,15,17,24H,10-11,14H2,1H3/t15-,17?/m1/s1. The van der Waals surface area contributed by atoms with Crippen molar-refractivity contribution in [2.45, 2.75) is 31.9 Å². The highest BCUT2D eigenvalue weighted by atomic mass is 19.1. The van der Waals surface area contributed by atoms with E-state index in [2.05, 4.69) is 24.4 Å². The first kappa shape index (κ1) is 16.1. The molecule has 0 fully saturated rings. The van der Waals surface area contributed by atoms with Gasteiger partial charge in [0.1, 0.15) is 17.7 Å². The van der Waals surface area contributed by atoms with Gasteiger partial charge in [-0.05, 0) is 48.4 Å². The van der Waals surface area contributed by atoms with Gasteiger partial charge in [-0.2, -0.15) is 0 Å². The van der Waals surface area contributed by atoms with Crippen molar-refractivity contribution >= 4 is 10.8 Å². The van der Waals surface area contributed by atoms with Crippen LogP contribution >= 0.6 is 0 Å². The van der Waals surface area contributed by atoms with Gasteiger partial charge in [-0.3, -0.25) is 0 Å². The van der Waals surface area contributed by atoms with E-state index in [0.29, 0.717) is 5.39 Å². The van der Waals surface area contributed by atoms with E-state index in [1.54, 1.807) is 6.07 Å². The summed E-state index contributed by atoms with van der Waals surface area (Å²) >= 11 is 0. The summed E-state index contributed by atoms with van der Waals surface area (Å²) in [4.78, 5) is 0. The molecule has 3 heteroatoms. The maximum absolute atomic E-state index is 14.0. The number of benzene rings is 3. The highest BCUT2D eigenvalue weighted by molar-refractivity contribution is 5.86. The first-order valence-corrected chi connectivity index (χ1v) is 8.87. The quantitative estimate of drug-likeness (QED) is 0.722. The number of nitrogens with one attached hydrogen (secondary N) is 1. The fourth-order valence-electron chi connectivity index (χ4n) is 3.61. The SMILES string of the molecule is C[C@@H](NCC1CCc2ccccc2O1)c1ccc(F)c2ccccc12. The molecule has 0 radical (unpaired) electrons. The Kier molecular flexibility index (Phi) is 4.41. The molecule has 0 saturated heterocycles. The third-order valence-corrected chi connectivity index (χ3v) is 5.02. The fourth-order valence-corrected chi connectivity index (χ4v) is 3.61. The average Bonchev–Trinajstić information content (AvgIpc) is 2.66. The van der Waals surface area contributed by atoms with Crippen LogP contribution in [0.25, 0.3) is 10.8 Å². The molecule has 4 rings (SSSR count). The zero-order chi connectivity index (χ0) is 17.2. The fraction of sp³-hybridized carbons (Fsp3) is 0.273. The summed E-state index contributed by atoms with van der Waals surface area (Å²) in [5.41, 5.74) is 2.41. The molecular weight excluding hydrogens is 313 g/mol. The van der Waals surface area contributed by atoms with Gasteiger partial charge in [-0.25, -0.2) is 4.39 Å². The summed E-state index contributed by atoms with van der Waals surface area (Å²) < 4.78 is 20.1. The third-order valence-electron chi connectivity index (χ3n) is 5.02. The maximum Gasteiger partial charge on any atom is 0.131 e. The van der Waals surface area contributed by atoms with E-state index in [-0.39, 0.29) is 18.0 Å². The molecule has 0 aromatic heterocycles. The van der Waals surface area contributed by atoms with Crippen LogP contribution in [-0.2, 0) is 6.42 Å². The lowest BCUT2D eigenvalue weighted by molar-refractivity contribution is 0.167. The highest BCUT2D eigenvalue weighted by Gasteiger charge is 2.20. The summed E-state index contributed by atoms with van der Waals surface area (Å²) in [7, 11) is 0. The minimum Gasteiger partial charge on any atom is -0.489 e. The Morgan fingerprint density at radius 3 is 2.68 bits per heavy atom. The second-order valence-electron chi connectivity index (χ2n) is 6.70. The lowest BCUT2D eigenvalue weighted by atomic mass is 9.98. The Labute approximate surface area is 147 Å². The largest absolute Gasteiger partial charge is 0.489 e. The molecule has 0 spiro atoms. The van der Waals surface area contributed by atoms with Gasteiger partial charge in [0.05, 0.1) is 0 Å². The zero-order valence-corrected chi connectivity index (χ0v) is 14.3. The van der Waals surface area contributed by atoms with Crippen molar-refractivity contribution in [1.82, 2.24) is 5.32 Å². The number of aryl methyl sites for hydroxylation is 1. The van der Waals surface area contributed by atoms with Crippen LogP contribution in [0.2, 0.25) is 0 Å². The van der Waals surface area contributed by atoms with Crippen molar-refractivity contribution < 1.29 is 9.13 Å². The first-order valence-electron chi connectivity index (χ1n) is 8.87. The molecule has 1 N–H and O–H groups in total. The Hall–Kier alpha value is -2.39. The van der Waals surface area contributed by atoms with Crippen molar-refractivity contribution in [3.8, 4) is 5.75 Å². The second-order valence-corrected chi connectivity index (χ2v) is 6.70. The molecule has 3 aromatic carbocycles. The molecule has 1 aliphatic heterocycles. The van der Waals surface area contributed by atoms with Crippen molar-refractivity contribution in [1.29, 1.82) is 0 Å². The lowest BCUT2D eigenvalue weighted by Gasteiger charge is -2.28. The Balaban J connectivity index is 1.47. The van der Waals surface area contributed by atoms with Gasteiger partial charge in [0.2, 0.25) is 0 Å². The smallest absolute Gasteiger partial charge is 0.131 e. The van der Waals surface area contributed by atoms with Crippen LogP contribution < -0.4 is 10.1 Å². The van der Waals surface area contributed by atoms with Gasteiger partial charge >= 0.3 is 0 Å². The number of ether oxygens (including phenoxy) is 1. The molecule has 2 nitrogen and oxygen atoms in total. The van der Waals surface area contributed by atoms with E-state index >= 15 is 0 Å². The number of para-hydroxylation sites is 1. The molecular formula is C22H22FNO. The van der Waals surface area contributed by atoms with Gasteiger partial charge in [0.25, 0.3) is 0 Å². The van der Waals surface area contributed by atoms with Crippen LogP contribution in [0.1, 0.15) is 30.5 Å². The van der Waals surface area contributed by atoms with Crippen molar-refractivity contribution in [3.63, 3.8) is 0 Å². The van der Waals surface area contributed by atoms with Gasteiger partial charge in [0, 0.05) is 18.0 Å². The van der Waals surface area contributed by atoms with E-state index in [9.17, 15) is 4.39 Å². The second kappa shape index (κ2) is 6.85. The molecule has 128 valence electrons. The van der Waals surface area contributed by atoms with Gasteiger partial charge in [-0.1, -0.05) is 48.5 Å². The van der Waals surface area contributed by atoms with Crippen LogP contribution in [0.5, 0.6) is 5.75 Å². The van der Waals surface area contributed by atoms with Gasteiger partial charge < -0.3 is 10.1 Å². The predicted octanol–water partition coefficient (Wildman–Crippen LogP) is 5.02. The first-order chi connectivity index (χ1) is 12.2. The average molecular weight is 335 g/mol. The Morgan fingerprint density at radius 2 is 1.80 bits per heavy atom. The van der Waals surface area contributed by atoms with Gasteiger partial charge in [0.15, 0.2) is 0 Å². The van der Waals surface area contributed by atoms with Crippen LogP contribution in [-0.4, -0.2) is 12.6 Å². The highest BCUT2D eigenvalue weighted by Crippen LogP contribution is 2.28. The molecule has 0 amide bonds. The van der Waals surface area contributed by atoms with Crippen LogP contribution in [0.15, 0.2) is 60.7 Å². The van der Waals surface area contributed by atoms with Crippen LogP contribution in [0, 0.1) is 5.82 Å². The van der Waals surface area contributed by atoms with Crippen molar-refractivity contribution in [2.24, 2.45) is 0 Å². The number of rotatable bonds is 4. The number of fused-ring (bicyclic) bond motifs is 2. The van der Waals surface area contributed by atoms with Gasteiger partial charge in [-0.15, -0.1) is 0 Å². The summed E-state index contributed by atoms with van der Waals surface area (Å²) in [6.07, 6.45) is 2.24. The van der Waals surface area contributed by atoms with Crippen LogP contribution in [0.4, 0.5) is 4.39 Å². The predicted molar refractivity (Wildman–Crippen MR) is 99.5 cm³/mol. The van der Waals surface area contributed by atoms with Crippen LogP contribution in [0.3, 0.4) is 0 Å². The summed E-state index contributed by atoms with van der Waals surface area (Å²) in [6, 6.07) is 19.5. The summed E-state index contributed by atoms with van der Waals surface area (Å²) in [5, 5.41) is 5.21. The monoisotopic (exact) mass is 335 g/mol. The number of hydrogen-bond acceptors (Lipinski definition) is 2. The Morgan fingerprint density at radius 1 is 1.04 bits per heavy atom. The molecule has 25 heavy (non-hydrogen) atoms. The molecule has 3 aromatic rings. The zero-order valence-electron chi connectivity index (χ0n) is 14.3. The normalized spacial score (nSPS) is 17.8. The molecule has 1 heterocycles. The van der Waals surface area contributed by atoms with Crippen molar-refractivity contribution in [2.75, 3.05) is 6.54 Å². The maximum atomic E-state index is 14.0. The molecule has 2 atom stereocenters. The molecule has 0 aliphatic carbocycles. The molecule has 0 saturated carbocycles. The number of halogens is 1. The summed E-state index contributed by atoms with van der Waals surface area (Å²) in [6.45, 7) is 2.90. The number of hydrogen-bond donors (Lipinski definition) is 1. The topological polar surface area (TPSA) is 21.3 Å².